The molecule has 0 fully saturated rings. The van der Waals surface area contributed by atoms with E-state index in [1.807, 2.05) is 18.2 Å². The Morgan fingerprint density at radius 3 is 2.83 bits per heavy atom. The van der Waals surface area contributed by atoms with E-state index in [4.69, 9.17) is 15.3 Å². The van der Waals surface area contributed by atoms with Crippen LogP contribution in [0.1, 0.15) is 13.3 Å². The van der Waals surface area contributed by atoms with E-state index in [2.05, 4.69) is 5.43 Å². The summed E-state index contributed by atoms with van der Waals surface area (Å²) in [5.74, 6) is 6.39. The number of nitrogens with two attached hydrogens (primary N) is 1. The highest BCUT2D eigenvalue weighted by Gasteiger charge is 2.15. The molecule has 1 unspecified atom stereocenters. The van der Waals surface area contributed by atoms with Gasteiger partial charge in [0.2, 0.25) is 5.91 Å². The van der Waals surface area contributed by atoms with Crippen LogP contribution in [-0.4, -0.2) is 24.4 Å². The summed E-state index contributed by atoms with van der Waals surface area (Å²) < 4.78 is 11.1. The van der Waals surface area contributed by atoms with Gasteiger partial charge in [-0.15, -0.1) is 11.8 Å². The van der Waals surface area contributed by atoms with Crippen molar-refractivity contribution in [3.8, 4) is 11.5 Å². The van der Waals surface area contributed by atoms with Gasteiger partial charge < -0.3 is 9.47 Å². The molecule has 0 radical (unpaired) electrons. The standard InChI is InChI=1S/C12H16N2O3S/c1-8(12(15)14-13)18-9-3-4-10-11(7-9)17-6-2-5-16-10/h3-4,7-8H,2,5-6,13H2,1H3,(H,14,15). The Labute approximate surface area is 110 Å². The van der Waals surface area contributed by atoms with Gasteiger partial charge in [-0.2, -0.15) is 0 Å². The van der Waals surface area contributed by atoms with Crippen molar-refractivity contribution in [2.45, 2.75) is 23.5 Å². The third-order valence-corrected chi connectivity index (χ3v) is 3.64. The number of benzene rings is 1. The fourth-order valence-corrected chi connectivity index (χ4v) is 2.50. The second kappa shape index (κ2) is 5.97. The van der Waals surface area contributed by atoms with E-state index in [-0.39, 0.29) is 11.2 Å². The van der Waals surface area contributed by atoms with Crippen LogP contribution in [0.15, 0.2) is 23.1 Å². The molecule has 0 spiro atoms. The first kappa shape index (κ1) is 13.0. The molecule has 1 aliphatic heterocycles. The van der Waals surface area contributed by atoms with Crippen LogP contribution in [0.5, 0.6) is 11.5 Å². The molecule has 0 aromatic heterocycles. The Bertz CT molecular complexity index is 439. The van der Waals surface area contributed by atoms with Crippen LogP contribution in [0, 0.1) is 0 Å². The second-order valence-electron chi connectivity index (χ2n) is 3.93. The van der Waals surface area contributed by atoms with Crippen LogP contribution in [0.25, 0.3) is 0 Å². The number of hydrazine groups is 1. The number of thioether (sulfide) groups is 1. The molecule has 5 nitrogen and oxygen atoms in total. The number of ether oxygens (including phenoxy) is 2. The molecule has 0 bridgehead atoms. The summed E-state index contributed by atoms with van der Waals surface area (Å²) in [5.41, 5.74) is 2.14. The summed E-state index contributed by atoms with van der Waals surface area (Å²) in [7, 11) is 0. The zero-order valence-corrected chi connectivity index (χ0v) is 11.0. The summed E-state index contributed by atoms with van der Waals surface area (Å²) >= 11 is 1.43. The molecular weight excluding hydrogens is 252 g/mol. The number of carbonyl (C=O) groups is 1. The average molecular weight is 268 g/mol. The van der Waals surface area contributed by atoms with Crippen LogP contribution in [0.3, 0.4) is 0 Å². The number of rotatable bonds is 3. The maximum absolute atomic E-state index is 11.3. The molecule has 1 heterocycles. The van der Waals surface area contributed by atoms with Crippen molar-refractivity contribution in [2.24, 2.45) is 5.84 Å². The highest BCUT2D eigenvalue weighted by molar-refractivity contribution is 8.00. The van der Waals surface area contributed by atoms with Crippen LogP contribution in [0.4, 0.5) is 0 Å². The number of carbonyl (C=O) groups excluding carboxylic acids is 1. The van der Waals surface area contributed by atoms with Crippen molar-refractivity contribution < 1.29 is 14.3 Å². The molecule has 2 rings (SSSR count). The fourth-order valence-electron chi connectivity index (χ4n) is 1.59. The van der Waals surface area contributed by atoms with Crippen molar-refractivity contribution in [2.75, 3.05) is 13.2 Å². The van der Waals surface area contributed by atoms with E-state index < -0.39 is 0 Å². The van der Waals surface area contributed by atoms with E-state index in [9.17, 15) is 4.79 Å². The fraction of sp³-hybridized carbons (Fsp3) is 0.417. The molecule has 3 N–H and O–H groups in total. The minimum atomic E-state index is -0.250. The minimum absolute atomic E-state index is 0.202. The number of nitrogens with one attached hydrogen (secondary N) is 1. The summed E-state index contributed by atoms with van der Waals surface area (Å²) in [6, 6.07) is 5.68. The van der Waals surface area contributed by atoms with Gasteiger partial charge in [0, 0.05) is 11.3 Å². The first-order valence-corrected chi connectivity index (χ1v) is 6.65. The number of hydrogen-bond donors (Lipinski definition) is 2. The molecule has 1 aromatic carbocycles. The van der Waals surface area contributed by atoms with Crippen molar-refractivity contribution >= 4 is 17.7 Å². The summed E-state index contributed by atoms with van der Waals surface area (Å²) in [6.07, 6.45) is 0.878. The van der Waals surface area contributed by atoms with Crippen LogP contribution < -0.4 is 20.7 Å². The molecule has 0 saturated heterocycles. The molecule has 0 aliphatic carbocycles. The maximum Gasteiger partial charge on any atom is 0.247 e. The quantitative estimate of drug-likeness (QED) is 0.374. The Balaban J connectivity index is 2.10. The maximum atomic E-state index is 11.3. The predicted octanol–water partition coefficient (Wildman–Crippen LogP) is 1.32. The molecule has 0 saturated carbocycles. The van der Waals surface area contributed by atoms with Gasteiger partial charge in [0.05, 0.1) is 18.5 Å². The third kappa shape index (κ3) is 3.08. The predicted molar refractivity (Wildman–Crippen MR) is 69.7 cm³/mol. The monoisotopic (exact) mass is 268 g/mol. The van der Waals surface area contributed by atoms with E-state index in [0.29, 0.717) is 13.2 Å². The lowest BCUT2D eigenvalue weighted by Gasteiger charge is -2.12. The number of hydrogen-bond acceptors (Lipinski definition) is 5. The molecule has 6 heteroatoms. The molecular formula is C12H16N2O3S. The van der Waals surface area contributed by atoms with Gasteiger partial charge in [0.25, 0.3) is 0 Å². The smallest absolute Gasteiger partial charge is 0.247 e. The van der Waals surface area contributed by atoms with Gasteiger partial charge in [0.1, 0.15) is 0 Å². The van der Waals surface area contributed by atoms with Crippen molar-refractivity contribution in [1.82, 2.24) is 5.43 Å². The van der Waals surface area contributed by atoms with Crippen LogP contribution >= 0.6 is 11.8 Å². The largest absolute Gasteiger partial charge is 0.490 e. The zero-order chi connectivity index (χ0) is 13.0. The first-order chi connectivity index (χ1) is 8.70. The number of fused-ring (bicyclic) bond motifs is 1. The van der Waals surface area contributed by atoms with Crippen molar-refractivity contribution in [3.05, 3.63) is 18.2 Å². The first-order valence-electron chi connectivity index (χ1n) is 5.77. The Kier molecular flexibility index (Phi) is 4.33. The van der Waals surface area contributed by atoms with Gasteiger partial charge >= 0.3 is 0 Å². The topological polar surface area (TPSA) is 73.6 Å². The average Bonchev–Trinajstić information content (AvgIpc) is 2.62. The zero-order valence-electron chi connectivity index (χ0n) is 10.1. The van der Waals surface area contributed by atoms with Gasteiger partial charge in [-0.25, -0.2) is 5.84 Å². The normalized spacial score (nSPS) is 15.7. The number of amides is 1. The molecule has 1 atom stereocenters. The highest BCUT2D eigenvalue weighted by Crippen LogP contribution is 2.35. The van der Waals surface area contributed by atoms with Crippen LogP contribution in [-0.2, 0) is 4.79 Å². The van der Waals surface area contributed by atoms with E-state index in [1.165, 1.54) is 11.8 Å². The minimum Gasteiger partial charge on any atom is -0.490 e. The van der Waals surface area contributed by atoms with E-state index in [1.54, 1.807) is 6.92 Å². The Morgan fingerprint density at radius 1 is 1.39 bits per heavy atom. The Hall–Kier alpha value is -1.40. The van der Waals surface area contributed by atoms with Gasteiger partial charge in [-0.3, -0.25) is 10.2 Å². The van der Waals surface area contributed by atoms with E-state index in [0.717, 1.165) is 22.8 Å². The van der Waals surface area contributed by atoms with Gasteiger partial charge in [-0.1, -0.05) is 0 Å². The van der Waals surface area contributed by atoms with Crippen molar-refractivity contribution in [3.63, 3.8) is 0 Å². The molecule has 1 amide bonds. The SMILES string of the molecule is CC(Sc1ccc2c(c1)OCCCO2)C(=O)NN. The summed E-state index contributed by atoms with van der Waals surface area (Å²) in [5, 5.41) is -0.250. The molecule has 98 valence electrons. The molecule has 1 aromatic rings. The lowest BCUT2D eigenvalue weighted by molar-refractivity contribution is -0.120. The molecule has 1 aliphatic rings. The lowest BCUT2D eigenvalue weighted by atomic mass is 10.3. The third-order valence-electron chi connectivity index (χ3n) is 2.54. The van der Waals surface area contributed by atoms with Gasteiger partial charge in [0.15, 0.2) is 11.5 Å². The summed E-state index contributed by atoms with van der Waals surface area (Å²) in [6.45, 7) is 3.13. The van der Waals surface area contributed by atoms with Gasteiger partial charge in [-0.05, 0) is 25.1 Å². The second-order valence-corrected chi connectivity index (χ2v) is 5.34. The molecule has 18 heavy (non-hydrogen) atoms. The highest BCUT2D eigenvalue weighted by atomic mass is 32.2. The lowest BCUT2D eigenvalue weighted by Crippen LogP contribution is -2.36. The van der Waals surface area contributed by atoms with E-state index >= 15 is 0 Å². The van der Waals surface area contributed by atoms with Crippen molar-refractivity contribution in [1.29, 1.82) is 0 Å². The Morgan fingerprint density at radius 2 is 2.11 bits per heavy atom. The van der Waals surface area contributed by atoms with Crippen LogP contribution in [0.2, 0.25) is 0 Å². The summed E-state index contributed by atoms with van der Waals surface area (Å²) in [4.78, 5) is 12.3.